The Labute approximate surface area is 427 Å². The number of carbonyl (C=O) groups excluding carboxylic acids is 1. The lowest BCUT2D eigenvalue weighted by molar-refractivity contribution is -0.332. The van der Waals surface area contributed by atoms with Gasteiger partial charge in [0.15, 0.2) is 12.6 Å². The summed E-state index contributed by atoms with van der Waals surface area (Å²) in [4.78, 5) is 13.0. The van der Waals surface area contributed by atoms with E-state index in [4.69, 9.17) is 28.4 Å². The number of carbonyl (C=O) groups is 1. The average molecular weight is 1010 g/mol. The van der Waals surface area contributed by atoms with Crippen molar-refractivity contribution in [3.8, 4) is 0 Å². The predicted molar refractivity (Wildman–Crippen MR) is 279 cm³/mol. The van der Waals surface area contributed by atoms with Crippen molar-refractivity contribution in [3.05, 3.63) is 72.9 Å². The molecule has 2 aliphatic heterocycles. The molecule has 0 radical (unpaired) electrons. The van der Waals surface area contributed by atoms with Gasteiger partial charge in [-0.15, -0.1) is 0 Å². The van der Waals surface area contributed by atoms with Crippen LogP contribution in [0.25, 0.3) is 0 Å². The first-order chi connectivity index (χ1) is 34.6. The van der Waals surface area contributed by atoms with Crippen LogP contribution < -0.4 is 0 Å². The van der Waals surface area contributed by atoms with Crippen molar-refractivity contribution < 1.29 is 69.0 Å². The quantitative estimate of drug-likeness (QED) is 0.0173. The Bertz CT molecular complexity index is 1450. The van der Waals surface area contributed by atoms with Crippen molar-refractivity contribution >= 4 is 5.97 Å². The molecule has 2 saturated heterocycles. The molecule has 71 heavy (non-hydrogen) atoms. The number of hydrogen-bond acceptors (Lipinski definition) is 14. The van der Waals surface area contributed by atoms with Crippen molar-refractivity contribution in [3.63, 3.8) is 0 Å². The van der Waals surface area contributed by atoms with Gasteiger partial charge in [-0.25, -0.2) is 0 Å². The van der Waals surface area contributed by atoms with Gasteiger partial charge >= 0.3 is 5.97 Å². The predicted octanol–water partition coefficient (Wildman–Crippen LogP) is 9.08. The topological polar surface area (TPSA) is 214 Å². The van der Waals surface area contributed by atoms with E-state index >= 15 is 0 Å². The third kappa shape index (κ3) is 31.0. The molecule has 0 bridgehead atoms. The van der Waals surface area contributed by atoms with Gasteiger partial charge < -0.3 is 64.2 Å². The highest BCUT2D eigenvalue weighted by Gasteiger charge is 2.47. The van der Waals surface area contributed by atoms with Crippen LogP contribution in [0.3, 0.4) is 0 Å². The maximum absolute atomic E-state index is 13.0. The largest absolute Gasteiger partial charge is 0.457 e. The van der Waals surface area contributed by atoms with Crippen molar-refractivity contribution in [1.82, 2.24) is 0 Å². The Kier molecular flexibility index (Phi) is 39.8. The summed E-state index contributed by atoms with van der Waals surface area (Å²) >= 11 is 0. The molecule has 7 N–H and O–H groups in total. The van der Waals surface area contributed by atoms with Crippen LogP contribution in [0, 0.1) is 0 Å². The molecule has 2 rings (SSSR count). The van der Waals surface area contributed by atoms with Gasteiger partial charge in [0.2, 0.25) is 0 Å². The molecule has 11 unspecified atom stereocenters. The highest BCUT2D eigenvalue weighted by molar-refractivity contribution is 5.69. The van der Waals surface area contributed by atoms with Gasteiger partial charge in [0, 0.05) is 13.0 Å². The van der Waals surface area contributed by atoms with Gasteiger partial charge in [-0.05, 0) is 83.5 Å². The number of aliphatic hydroxyl groups is 7. The van der Waals surface area contributed by atoms with Crippen molar-refractivity contribution in [2.45, 2.75) is 248 Å². The second-order valence-corrected chi connectivity index (χ2v) is 19.0. The van der Waals surface area contributed by atoms with Crippen LogP contribution in [0.15, 0.2) is 72.9 Å². The van der Waals surface area contributed by atoms with Gasteiger partial charge in [0.25, 0.3) is 0 Å². The van der Waals surface area contributed by atoms with Crippen molar-refractivity contribution in [2.24, 2.45) is 0 Å². The summed E-state index contributed by atoms with van der Waals surface area (Å²) in [5.41, 5.74) is 0. The summed E-state index contributed by atoms with van der Waals surface area (Å²) in [6, 6.07) is 0. The average Bonchev–Trinajstić information content (AvgIpc) is 3.37. The summed E-state index contributed by atoms with van der Waals surface area (Å²) in [7, 11) is 0. The van der Waals surface area contributed by atoms with Crippen molar-refractivity contribution in [1.29, 1.82) is 0 Å². The van der Waals surface area contributed by atoms with Crippen LogP contribution in [0.1, 0.15) is 181 Å². The van der Waals surface area contributed by atoms with E-state index in [0.29, 0.717) is 13.0 Å². The molecule has 0 aromatic carbocycles. The Hall–Kier alpha value is -2.57. The maximum Gasteiger partial charge on any atom is 0.306 e. The summed E-state index contributed by atoms with van der Waals surface area (Å²) in [5, 5.41) is 72.2. The van der Waals surface area contributed by atoms with Crippen molar-refractivity contribution in [2.75, 3.05) is 33.0 Å². The first kappa shape index (κ1) is 64.5. The van der Waals surface area contributed by atoms with E-state index in [1.54, 1.807) is 0 Å². The summed E-state index contributed by atoms with van der Waals surface area (Å²) in [5.74, 6) is -0.393. The SMILES string of the molecule is CC/C=C\C/C=C\C/C=C\C/C=C\C/C=C\CCCCCCCCOCC(COC1OC(COC2OC(CO)C(O)C(O)C2O)C(O)C(O)C1O)OC(=O)CCCCCCC/C=C\CCCCCCCC. The fourth-order valence-electron chi connectivity index (χ4n) is 8.25. The minimum Gasteiger partial charge on any atom is -0.457 e. The molecule has 14 nitrogen and oxygen atoms in total. The zero-order valence-corrected chi connectivity index (χ0v) is 43.7. The van der Waals surface area contributed by atoms with Crippen LogP contribution in [0.4, 0.5) is 0 Å². The fraction of sp³-hybridized carbons (Fsp3) is 0.772. The molecule has 0 aromatic rings. The summed E-state index contributed by atoms with van der Waals surface area (Å²) < 4.78 is 34.3. The number of hydrogen-bond donors (Lipinski definition) is 7. The molecule has 0 amide bonds. The normalized spacial score (nSPS) is 25.9. The van der Waals surface area contributed by atoms with Crippen LogP contribution >= 0.6 is 0 Å². The molecule has 0 aromatic heterocycles. The van der Waals surface area contributed by atoms with Crippen LogP contribution in [0.2, 0.25) is 0 Å². The highest BCUT2D eigenvalue weighted by atomic mass is 16.7. The lowest BCUT2D eigenvalue weighted by Gasteiger charge is -2.42. The molecule has 0 saturated carbocycles. The molecule has 0 spiro atoms. The highest BCUT2D eigenvalue weighted by Crippen LogP contribution is 2.26. The van der Waals surface area contributed by atoms with E-state index in [0.717, 1.165) is 109 Å². The number of ether oxygens (including phenoxy) is 6. The van der Waals surface area contributed by atoms with Gasteiger partial charge in [0.1, 0.15) is 54.9 Å². The second-order valence-electron chi connectivity index (χ2n) is 19.0. The summed E-state index contributed by atoms with van der Waals surface area (Å²) in [6.45, 7) is 3.51. The van der Waals surface area contributed by atoms with Gasteiger partial charge in [-0.2, -0.15) is 0 Å². The lowest BCUT2D eigenvalue weighted by atomic mass is 9.98. The first-order valence-electron chi connectivity index (χ1n) is 27.5. The third-order valence-corrected chi connectivity index (χ3v) is 12.7. The number of allylic oxidation sites excluding steroid dienone is 12. The maximum atomic E-state index is 13.0. The number of rotatable bonds is 43. The molecule has 11 atom stereocenters. The Balaban J connectivity index is 1.75. The molecule has 2 fully saturated rings. The van der Waals surface area contributed by atoms with Gasteiger partial charge in [0.05, 0.1) is 26.4 Å². The lowest BCUT2D eigenvalue weighted by Crippen LogP contribution is -2.61. The molecule has 14 heteroatoms. The van der Waals surface area contributed by atoms with Crippen LogP contribution in [0.5, 0.6) is 0 Å². The minimum atomic E-state index is -1.71. The molecule has 410 valence electrons. The Morgan fingerprint density at radius 2 is 0.915 bits per heavy atom. The van der Waals surface area contributed by atoms with E-state index in [1.807, 2.05) is 0 Å². The summed E-state index contributed by atoms with van der Waals surface area (Å²) in [6.07, 6.45) is 38.1. The molecule has 0 aliphatic carbocycles. The van der Waals surface area contributed by atoms with Crippen LogP contribution in [-0.2, 0) is 33.2 Å². The molecule has 2 aliphatic rings. The van der Waals surface area contributed by atoms with E-state index in [2.05, 4.69) is 86.8 Å². The zero-order valence-electron chi connectivity index (χ0n) is 43.7. The van der Waals surface area contributed by atoms with E-state index in [-0.39, 0.29) is 19.6 Å². The number of unbranched alkanes of at least 4 members (excludes halogenated alkanes) is 17. The van der Waals surface area contributed by atoms with Crippen LogP contribution in [-0.4, -0.2) is 142 Å². The number of esters is 1. The second kappa shape index (κ2) is 43.8. The fourth-order valence-corrected chi connectivity index (χ4v) is 8.25. The first-order valence-corrected chi connectivity index (χ1v) is 27.5. The standard InChI is InChI=1S/C57H98O14/c1-3-5-7-9-11-13-15-17-19-20-21-22-23-24-25-27-29-31-33-35-37-39-41-66-43-46(69-49(59)40-38-36-34-32-30-28-26-18-16-14-12-10-8-6-4-2)44-67-56-55(65)53(63)51(61)48(71-56)45-68-57-54(64)52(62)50(60)47(42-58)70-57/h5,7,11,13,17-19,21-22,24-26,46-48,50-58,60-65H,3-4,6,8-10,12,14-16,20,23,27-45H2,1-2H3/b7-5-,13-11-,19-17-,22-21-,25-24-,26-18-. The molecular formula is C57H98O14. The number of aliphatic hydroxyl groups excluding tert-OH is 7. The Morgan fingerprint density at radius 1 is 0.479 bits per heavy atom. The Morgan fingerprint density at radius 3 is 1.45 bits per heavy atom. The monoisotopic (exact) mass is 1010 g/mol. The van der Waals surface area contributed by atoms with E-state index < -0.39 is 86.7 Å². The van der Waals surface area contributed by atoms with Gasteiger partial charge in [-0.3, -0.25) is 4.79 Å². The third-order valence-electron chi connectivity index (χ3n) is 12.7. The molecular weight excluding hydrogens is 909 g/mol. The zero-order chi connectivity index (χ0) is 51.6. The molecule has 2 heterocycles. The minimum absolute atomic E-state index is 0.0446. The van der Waals surface area contributed by atoms with Gasteiger partial charge in [-0.1, -0.05) is 164 Å². The smallest absolute Gasteiger partial charge is 0.306 e. The van der Waals surface area contributed by atoms with E-state index in [1.165, 1.54) is 44.9 Å². The van der Waals surface area contributed by atoms with E-state index in [9.17, 15) is 40.5 Å².